The van der Waals surface area contributed by atoms with E-state index in [9.17, 15) is 0 Å². The summed E-state index contributed by atoms with van der Waals surface area (Å²) in [5, 5.41) is 2.57. The van der Waals surface area contributed by atoms with E-state index in [4.69, 9.17) is 0 Å². The zero-order chi connectivity index (χ0) is 17.1. The standard InChI is InChI=1S/C24H23N/c1-2-3-14-25-17-21-15-19-9-4-5-10-20(19)16-24(21)23-13-12-18-8-6-7-11-22(18)23/h4-13,15-17,23H,2-3,14H2,1H3. The molecule has 25 heavy (non-hydrogen) atoms. The lowest BCUT2D eigenvalue weighted by molar-refractivity contribution is 0.810. The number of hydrogen-bond acceptors (Lipinski definition) is 1. The average Bonchev–Trinajstić information content (AvgIpc) is 3.08. The Labute approximate surface area is 149 Å². The van der Waals surface area contributed by atoms with Gasteiger partial charge in [0.2, 0.25) is 0 Å². The van der Waals surface area contributed by atoms with Crippen LogP contribution in [0.25, 0.3) is 16.8 Å². The van der Waals surface area contributed by atoms with E-state index < -0.39 is 0 Å². The van der Waals surface area contributed by atoms with Crippen molar-refractivity contribution in [2.24, 2.45) is 4.99 Å². The quantitative estimate of drug-likeness (QED) is 0.390. The first-order valence-electron chi connectivity index (χ1n) is 9.16. The van der Waals surface area contributed by atoms with Gasteiger partial charge in [0.25, 0.3) is 0 Å². The van der Waals surface area contributed by atoms with E-state index in [2.05, 4.69) is 90.9 Å². The Hall–Kier alpha value is -2.67. The van der Waals surface area contributed by atoms with Crippen molar-refractivity contribution >= 4 is 23.1 Å². The van der Waals surface area contributed by atoms with Crippen LogP contribution >= 0.6 is 0 Å². The van der Waals surface area contributed by atoms with Crippen LogP contribution in [0.5, 0.6) is 0 Å². The van der Waals surface area contributed by atoms with Crippen LogP contribution in [-0.4, -0.2) is 12.8 Å². The van der Waals surface area contributed by atoms with Gasteiger partial charge in [-0.15, -0.1) is 0 Å². The molecule has 0 fully saturated rings. The minimum Gasteiger partial charge on any atom is -0.293 e. The predicted molar refractivity (Wildman–Crippen MR) is 109 cm³/mol. The molecule has 0 amide bonds. The summed E-state index contributed by atoms with van der Waals surface area (Å²) >= 11 is 0. The van der Waals surface area contributed by atoms with Crippen molar-refractivity contribution in [3.63, 3.8) is 0 Å². The number of aliphatic imine (C=N–C) groups is 1. The number of hydrogen-bond donors (Lipinski definition) is 0. The minimum absolute atomic E-state index is 0.313. The molecule has 0 spiro atoms. The minimum atomic E-state index is 0.313. The molecule has 0 bridgehead atoms. The van der Waals surface area contributed by atoms with Crippen LogP contribution in [0.15, 0.2) is 71.7 Å². The summed E-state index contributed by atoms with van der Waals surface area (Å²) in [4.78, 5) is 4.68. The van der Waals surface area contributed by atoms with Crippen molar-refractivity contribution in [3.05, 3.63) is 89.0 Å². The molecule has 1 aliphatic carbocycles. The van der Waals surface area contributed by atoms with Crippen molar-refractivity contribution < 1.29 is 0 Å². The molecule has 3 aromatic rings. The Morgan fingerprint density at radius 3 is 2.52 bits per heavy atom. The Morgan fingerprint density at radius 1 is 0.920 bits per heavy atom. The summed E-state index contributed by atoms with van der Waals surface area (Å²) in [6.07, 6.45) is 8.96. The molecular formula is C24H23N. The van der Waals surface area contributed by atoms with E-state index in [0.717, 1.165) is 13.0 Å². The molecule has 124 valence electrons. The van der Waals surface area contributed by atoms with Crippen LogP contribution < -0.4 is 0 Å². The molecule has 0 aliphatic heterocycles. The first kappa shape index (κ1) is 15.8. The molecule has 1 aliphatic rings. The van der Waals surface area contributed by atoms with Gasteiger partial charge in [-0.25, -0.2) is 0 Å². The van der Waals surface area contributed by atoms with Gasteiger partial charge < -0.3 is 0 Å². The van der Waals surface area contributed by atoms with E-state index >= 15 is 0 Å². The number of rotatable bonds is 5. The molecule has 4 rings (SSSR count). The molecule has 1 atom stereocenters. The van der Waals surface area contributed by atoms with Crippen LogP contribution in [0.2, 0.25) is 0 Å². The van der Waals surface area contributed by atoms with Crippen LogP contribution in [0, 0.1) is 0 Å². The Kier molecular flexibility index (Phi) is 4.47. The summed E-state index contributed by atoms with van der Waals surface area (Å²) in [5.74, 6) is 0.313. The van der Waals surface area contributed by atoms with Crippen LogP contribution in [0.3, 0.4) is 0 Å². The maximum Gasteiger partial charge on any atom is 0.0389 e. The van der Waals surface area contributed by atoms with Gasteiger partial charge in [0.15, 0.2) is 0 Å². The molecule has 1 nitrogen and oxygen atoms in total. The molecule has 0 saturated heterocycles. The summed E-state index contributed by atoms with van der Waals surface area (Å²) < 4.78 is 0. The topological polar surface area (TPSA) is 12.4 Å². The number of benzene rings is 3. The highest BCUT2D eigenvalue weighted by Gasteiger charge is 2.21. The second kappa shape index (κ2) is 7.06. The summed E-state index contributed by atoms with van der Waals surface area (Å²) in [6.45, 7) is 3.11. The smallest absolute Gasteiger partial charge is 0.0389 e. The first-order chi connectivity index (χ1) is 12.4. The number of allylic oxidation sites excluding steroid dienone is 1. The summed E-state index contributed by atoms with van der Waals surface area (Å²) in [7, 11) is 0. The fourth-order valence-corrected chi connectivity index (χ4v) is 3.59. The van der Waals surface area contributed by atoms with E-state index in [1.807, 2.05) is 0 Å². The second-order valence-electron chi connectivity index (χ2n) is 6.68. The van der Waals surface area contributed by atoms with Gasteiger partial charge in [-0.05, 0) is 51.6 Å². The molecule has 0 saturated carbocycles. The molecule has 0 aromatic heterocycles. The highest BCUT2D eigenvalue weighted by molar-refractivity contribution is 5.93. The van der Waals surface area contributed by atoms with Crippen LogP contribution in [0.4, 0.5) is 0 Å². The van der Waals surface area contributed by atoms with Gasteiger partial charge in [0.05, 0.1) is 0 Å². The van der Waals surface area contributed by atoms with Gasteiger partial charge in [-0.3, -0.25) is 4.99 Å². The zero-order valence-electron chi connectivity index (χ0n) is 14.7. The highest BCUT2D eigenvalue weighted by Crippen LogP contribution is 2.37. The van der Waals surface area contributed by atoms with Gasteiger partial charge in [-0.2, -0.15) is 0 Å². The summed E-state index contributed by atoms with van der Waals surface area (Å²) in [5.41, 5.74) is 5.30. The first-order valence-corrected chi connectivity index (χ1v) is 9.16. The lowest BCUT2D eigenvalue weighted by Gasteiger charge is -2.16. The van der Waals surface area contributed by atoms with E-state index in [-0.39, 0.29) is 0 Å². The van der Waals surface area contributed by atoms with E-state index in [0.29, 0.717) is 5.92 Å². The lowest BCUT2D eigenvalue weighted by atomic mass is 9.88. The fourth-order valence-electron chi connectivity index (χ4n) is 3.59. The maximum atomic E-state index is 4.68. The van der Waals surface area contributed by atoms with Crippen molar-refractivity contribution in [2.45, 2.75) is 25.7 Å². The molecule has 1 heteroatoms. The fraction of sp³-hybridized carbons (Fsp3) is 0.208. The predicted octanol–water partition coefficient (Wildman–Crippen LogP) is 6.22. The Bertz CT molecular complexity index is 949. The van der Waals surface area contributed by atoms with Crippen molar-refractivity contribution in [2.75, 3.05) is 6.54 Å². The largest absolute Gasteiger partial charge is 0.293 e. The van der Waals surface area contributed by atoms with Gasteiger partial charge in [0, 0.05) is 18.7 Å². The summed E-state index contributed by atoms with van der Waals surface area (Å²) in [6, 6.07) is 21.9. The van der Waals surface area contributed by atoms with Gasteiger partial charge in [-0.1, -0.05) is 74.0 Å². The zero-order valence-corrected chi connectivity index (χ0v) is 14.7. The third kappa shape index (κ3) is 3.15. The maximum absolute atomic E-state index is 4.68. The lowest BCUT2D eigenvalue weighted by Crippen LogP contribution is -2.01. The third-order valence-electron chi connectivity index (χ3n) is 4.96. The molecule has 3 aromatic carbocycles. The normalized spacial score (nSPS) is 16.0. The van der Waals surface area contributed by atoms with E-state index in [1.165, 1.54) is 39.4 Å². The Balaban J connectivity index is 1.81. The highest BCUT2D eigenvalue weighted by atomic mass is 14.7. The molecule has 0 N–H and O–H groups in total. The average molecular weight is 325 g/mol. The second-order valence-corrected chi connectivity index (χ2v) is 6.68. The van der Waals surface area contributed by atoms with Crippen LogP contribution in [-0.2, 0) is 0 Å². The monoisotopic (exact) mass is 325 g/mol. The molecular weight excluding hydrogens is 302 g/mol. The van der Waals surface area contributed by atoms with E-state index in [1.54, 1.807) is 0 Å². The molecule has 0 radical (unpaired) electrons. The molecule has 1 unspecified atom stereocenters. The SMILES string of the molecule is CCCCN=Cc1cc2ccccc2cc1C1C=Cc2ccccc21. The third-order valence-corrected chi connectivity index (χ3v) is 4.96. The Morgan fingerprint density at radius 2 is 1.68 bits per heavy atom. The van der Waals surface area contributed by atoms with Gasteiger partial charge >= 0.3 is 0 Å². The number of nitrogens with zero attached hydrogens (tertiary/aromatic N) is 1. The number of unbranched alkanes of at least 4 members (excludes halogenated alkanes) is 1. The number of fused-ring (bicyclic) bond motifs is 2. The van der Waals surface area contributed by atoms with Crippen molar-refractivity contribution in [1.29, 1.82) is 0 Å². The van der Waals surface area contributed by atoms with Crippen molar-refractivity contribution in [3.8, 4) is 0 Å². The van der Waals surface area contributed by atoms with Gasteiger partial charge in [0.1, 0.15) is 0 Å². The van der Waals surface area contributed by atoms with Crippen molar-refractivity contribution in [1.82, 2.24) is 0 Å². The van der Waals surface area contributed by atoms with Crippen LogP contribution in [0.1, 0.15) is 47.9 Å². The molecule has 0 heterocycles.